The van der Waals surface area contributed by atoms with E-state index in [-0.39, 0.29) is 17.9 Å². The lowest BCUT2D eigenvalue weighted by molar-refractivity contribution is -0.917. The molecular weight excluding hydrogens is 392 g/mol. The average molecular weight is 420 g/mol. The second kappa shape index (κ2) is 8.15. The van der Waals surface area contributed by atoms with E-state index in [0.717, 1.165) is 56.9 Å². The molecule has 7 nitrogen and oxygen atoms in total. The maximum Gasteiger partial charge on any atom is 0.274 e. The number of hydrogen-bond acceptors (Lipinski definition) is 4. The van der Waals surface area contributed by atoms with Crippen molar-refractivity contribution >= 4 is 16.7 Å². The van der Waals surface area contributed by atoms with Gasteiger partial charge < -0.3 is 14.5 Å². The van der Waals surface area contributed by atoms with E-state index in [1.165, 1.54) is 20.7 Å². The molecule has 0 unspecified atom stereocenters. The molecule has 2 aliphatic rings. The highest BCUT2D eigenvalue weighted by Gasteiger charge is 2.25. The Morgan fingerprint density at radius 2 is 1.90 bits per heavy atom. The van der Waals surface area contributed by atoms with Gasteiger partial charge in [-0.1, -0.05) is 18.2 Å². The highest BCUT2D eigenvalue weighted by molar-refractivity contribution is 5.88. The fraction of sp³-hybridized carbons (Fsp3) is 0.375. The van der Waals surface area contributed by atoms with Gasteiger partial charge >= 0.3 is 0 Å². The number of ether oxygens (including phenoxy) is 1. The van der Waals surface area contributed by atoms with Crippen molar-refractivity contribution in [1.82, 2.24) is 14.7 Å². The van der Waals surface area contributed by atoms with E-state index in [4.69, 9.17) is 4.74 Å². The van der Waals surface area contributed by atoms with Crippen LogP contribution in [0.15, 0.2) is 47.3 Å². The molecule has 3 heterocycles. The van der Waals surface area contributed by atoms with E-state index in [9.17, 15) is 9.59 Å². The number of amides is 1. The number of piperazine rings is 1. The topological polar surface area (TPSA) is 68.9 Å². The summed E-state index contributed by atoms with van der Waals surface area (Å²) in [5, 5.41) is 5.75. The second-order valence-corrected chi connectivity index (χ2v) is 8.45. The monoisotopic (exact) mass is 419 g/mol. The first-order valence-corrected chi connectivity index (χ1v) is 10.9. The molecule has 1 N–H and O–H groups in total. The molecule has 0 radical (unpaired) electrons. The molecule has 160 valence electrons. The Labute approximate surface area is 180 Å². The number of carbonyl (C=O) groups is 1. The van der Waals surface area contributed by atoms with E-state index >= 15 is 0 Å². The fourth-order valence-corrected chi connectivity index (χ4v) is 4.65. The first-order chi connectivity index (χ1) is 15.1. The third-order valence-electron chi connectivity index (χ3n) is 6.38. The molecule has 0 aliphatic carbocycles. The quantitative estimate of drug-likeness (QED) is 0.662. The van der Waals surface area contributed by atoms with Crippen molar-refractivity contribution < 1.29 is 14.4 Å². The molecule has 1 amide bonds. The lowest BCUT2D eigenvalue weighted by Crippen LogP contribution is -3.13. The first kappa shape index (κ1) is 19.8. The number of fused-ring (bicyclic) bond motifs is 2. The lowest BCUT2D eigenvalue weighted by Gasteiger charge is -2.32. The summed E-state index contributed by atoms with van der Waals surface area (Å²) in [7, 11) is 1.63. The maximum absolute atomic E-state index is 13.0. The van der Waals surface area contributed by atoms with Crippen LogP contribution >= 0.6 is 0 Å². The van der Waals surface area contributed by atoms with Gasteiger partial charge in [0.15, 0.2) is 0 Å². The number of hydrogen-bond donors (Lipinski definition) is 1. The van der Waals surface area contributed by atoms with E-state index in [0.29, 0.717) is 11.1 Å². The molecule has 1 aromatic heterocycles. The Balaban J connectivity index is 1.22. The Bertz CT molecular complexity index is 1200. The zero-order valence-corrected chi connectivity index (χ0v) is 17.8. The van der Waals surface area contributed by atoms with Crippen LogP contribution in [0.1, 0.15) is 16.8 Å². The zero-order valence-electron chi connectivity index (χ0n) is 17.8. The third kappa shape index (κ3) is 3.93. The van der Waals surface area contributed by atoms with E-state index in [2.05, 4.69) is 23.3 Å². The third-order valence-corrected chi connectivity index (χ3v) is 6.38. The van der Waals surface area contributed by atoms with Crippen LogP contribution in [0.2, 0.25) is 0 Å². The molecule has 1 fully saturated rings. The first-order valence-electron chi connectivity index (χ1n) is 10.9. The summed E-state index contributed by atoms with van der Waals surface area (Å²) in [5.74, 6) is 1.10. The molecule has 0 spiro atoms. The summed E-state index contributed by atoms with van der Waals surface area (Å²) in [6.07, 6.45) is 1.21. The number of aryl methyl sites for hydroxylation is 1. The van der Waals surface area contributed by atoms with Crippen LogP contribution in [0.5, 0.6) is 5.75 Å². The van der Waals surface area contributed by atoms with E-state index < -0.39 is 0 Å². The summed E-state index contributed by atoms with van der Waals surface area (Å²) in [6.45, 7) is 5.10. The smallest absolute Gasteiger partial charge is 0.274 e. The summed E-state index contributed by atoms with van der Waals surface area (Å²) in [4.78, 5) is 28.7. The minimum absolute atomic E-state index is 0.0741. The number of aromatic nitrogens is 2. The van der Waals surface area contributed by atoms with Gasteiger partial charge in [-0.05, 0) is 29.8 Å². The molecule has 2 aromatic carbocycles. The number of nitrogens with zero attached hydrogens (tertiary/aromatic N) is 3. The maximum atomic E-state index is 13.0. The SMILES string of the molecule is Cn1nc(CC(=O)N2CC[NH+](Cc3ccc4c(c3)CCO4)CC2)c2ccccc2c1=O. The molecule has 5 rings (SSSR count). The van der Waals surface area contributed by atoms with Gasteiger partial charge in [-0.15, -0.1) is 0 Å². The molecule has 7 heteroatoms. The largest absolute Gasteiger partial charge is 0.493 e. The summed E-state index contributed by atoms with van der Waals surface area (Å²) >= 11 is 0. The van der Waals surface area contributed by atoms with Crippen LogP contribution in [0.4, 0.5) is 0 Å². The average Bonchev–Trinajstić information content (AvgIpc) is 3.26. The number of nitrogens with one attached hydrogen (secondary N) is 1. The highest BCUT2D eigenvalue weighted by Crippen LogP contribution is 2.25. The van der Waals surface area contributed by atoms with Gasteiger partial charge in [-0.2, -0.15) is 5.10 Å². The minimum atomic E-state index is -0.137. The number of carbonyl (C=O) groups excluding carboxylic acids is 1. The van der Waals surface area contributed by atoms with Crippen LogP contribution in [0.25, 0.3) is 10.8 Å². The number of quaternary nitrogens is 1. The molecule has 1 saturated heterocycles. The van der Waals surface area contributed by atoms with Gasteiger partial charge in [-0.3, -0.25) is 9.59 Å². The summed E-state index contributed by atoms with van der Waals surface area (Å²) < 4.78 is 6.93. The fourth-order valence-electron chi connectivity index (χ4n) is 4.65. The van der Waals surface area contributed by atoms with Crippen LogP contribution in [-0.2, 0) is 31.2 Å². The molecule has 0 saturated carbocycles. The van der Waals surface area contributed by atoms with Crippen molar-refractivity contribution in [3.63, 3.8) is 0 Å². The molecule has 0 atom stereocenters. The lowest BCUT2D eigenvalue weighted by atomic mass is 10.1. The van der Waals surface area contributed by atoms with Gasteiger partial charge in [0.05, 0.1) is 50.3 Å². The normalized spacial score (nSPS) is 16.4. The number of rotatable bonds is 4. The van der Waals surface area contributed by atoms with Crippen molar-refractivity contribution in [2.45, 2.75) is 19.4 Å². The van der Waals surface area contributed by atoms with Crippen LogP contribution in [-0.4, -0.2) is 53.4 Å². The molecule has 3 aromatic rings. The Morgan fingerprint density at radius 3 is 2.71 bits per heavy atom. The van der Waals surface area contributed by atoms with Crippen LogP contribution < -0.4 is 15.2 Å². The van der Waals surface area contributed by atoms with E-state index in [1.54, 1.807) is 13.1 Å². The molecule has 0 bridgehead atoms. The van der Waals surface area contributed by atoms with Gasteiger partial charge in [-0.25, -0.2) is 4.68 Å². The molecular formula is C24H27N4O3+. The van der Waals surface area contributed by atoms with Gasteiger partial charge in [0, 0.05) is 24.4 Å². The highest BCUT2D eigenvalue weighted by atomic mass is 16.5. The van der Waals surface area contributed by atoms with Crippen molar-refractivity contribution in [1.29, 1.82) is 0 Å². The zero-order chi connectivity index (χ0) is 21.4. The van der Waals surface area contributed by atoms with Crippen molar-refractivity contribution in [2.24, 2.45) is 7.05 Å². The minimum Gasteiger partial charge on any atom is -0.493 e. The summed E-state index contributed by atoms with van der Waals surface area (Å²) in [5.41, 5.74) is 3.17. The van der Waals surface area contributed by atoms with Crippen molar-refractivity contribution in [2.75, 3.05) is 32.8 Å². The predicted molar refractivity (Wildman–Crippen MR) is 117 cm³/mol. The van der Waals surface area contributed by atoms with Gasteiger partial charge in [0.1, 0.15) is 12.3 Å². The van der Waals surface area contributed by atoms with Gasteiger partial charge in [0.2, 0.25) is 5.91 Å². The Hall–Kier alpha value is -3.19. The number of benzene rings is 2. The Kier molecular flexibility index (Phi) is 5.19. The second-order valence-electron chi connectivity index (χ2n) is 8.45. The van der Waals surface area contributed by atoms with Crippen molar-refractivity contribution in [3.8, 4) is 5.75 Å². The Morgan fingerprint density at radius 1 is 1.13 bits per heavy atom. The van der Waals surface area contributed by atoms with Crippen molar-refractivity contribution in [3.05, 3.63) is 69.6 Å². The molecule has 2 aliphatic heterocycles. The van der Waals surface area contributed by atoms with Crippen LogP contribution in [0.3, 0.4) is 0 Å². The standard InChI is InChI=1S/C24H26N4O3/c1-26-24(30)20-5-3-2-4-19(20)21(25-26)15-23(29)28-11-9-27(10-12-28)16-17-6-7-22-18(14-17)8-13-31-22/h2-7,14H,8-13,15-16H2,1H3/p+1. The predicted octanol–water partition coefficient (Wildman–Crippen LogP) is 0.338. The van der Waals surface area contributed by atoms with Gasteiger partial charge in [0.25, 0.3) is 5.56 Å². The summed E-state index contributed by atoms with van der Waals surface area (Å²) in [6, 6.07) is 13.9. The van der Waals surface area contributed by atoms with E-state index in [1.807, 2.05) is 23.1 Å². The van der Waals surface area contributed by atoms with Crippen LogP contribution in [0, 0.1) is 0 Å². The molecule has 31 heavy (non-hydrogen) atoms.